The average molecular weight is 517 g/mol. The lowest BCUT2D eigenvalue weighted by atomic mass is 10.0. The minimum Gasteiger partial charge on any atom is -0.495 e. The quantitative estimate of drug-likeness (QED) is 0.429. The third kappa shape index (κ3) is 5.00. The maximum absolute atomic E-state index is 12.2. The number of carbonyl (C=O) groups is 1. The number of anilines is 1. The highest BCUT2D eigenvalue weighted by molar-refractivity contribution is 6.41. The van der Waals surface area contributed by atoms with Crippen LogP contribution in [-0.2, 0) is 9.53 Å². The Labute approximate surface area is 213 Å². The summed E-state index contributed by atoms with van der Waals surface area (Å²) >= 11 is 13.2. The predicted octanol–water partition coefficient (Wildman–Crippen LogP) is 4.83. The molecule has 1 fully saturated rings. The number of aromatic nitrogens is 2. The van der Waals surface area contributed by atoms with Gasteiger partial charge in [0.25, 0.3) is 0 Å². The van der Waals surface area contributed by atoms with Crippen LogP contribution in [-0.4, -0.2) is 67.3 Å². The molecule has 1 aromatic heterocycles. The molecule has 184 valence electrons. The van der Waals surface area contributed by atoms with Crippen LogP contribution < -0.4 is 14.8 Å². The van der Waals surface area contributed by atoms with Crippen molar-refractivity contribution in [1.82, 2.24) is 14.9 Å². The van der Waals surface area contributed by atoms with Crippen molar-refractivity contribution in [3.8, 4) is 22.6 Å². The van der Waals surface area contributed by atoms with E-state index >= 15 is 0 Å². The van der Waals surface area contributed by atoms with E-state index in [-0.39, 0.29) is 18.0 Å². The first-order chi connectivity index (χ1) is 16.9. The van der Waals surface area contributed by atoms with Gasteiger partial charge < -0.3 is 24.4 Å². The van der Waals surface area contributed by atoms with Gasteiger partial charge in [-0.2, -0.15) is 0 Å². The number of methoxy groups -OCH3 is 3. The van der Waals surface area contributed by atoms with E-state index in [1.807, 2.05) is 18.2 Å². The Balaban J connectivity index is 1.60. The highest BCUT2D eigenvalue weighted by Crippen LogP contribution is 2.46. The van der Waals surface area contributed by atoms with Crippen molar-refractivity contribution in [3.05, 3.63) is 53.2 Å². The van der Waals surface area contributed by atoms with Gasteiger partial charge in [-0.3, -0.25) is 4.79 Å². The minimum absolute atomic E-state index is 0.00219. The van der Waals surface area contributed by atoms with Gasteiger partial charge in [0.05, 0.1) is 42.4 Å². The van der Waals surface area contributed by atoms with E-state index in [1.165, 1.54) is 20.3 Å². The van der Waals surface area contributed by atoms with Crippen LogP contribution in [0.15, 0.2) is 43.1 Å². The molecule has 35 heavy (non-hydrogen) atoms. The van der Waals surface area contributed by atoms with E-state index in [1.54, 1.807) is 24.3 Å². The molecule has 1 saturated heterocycles. The maximum atomic E-state index is 12.2. The number of fused-ring (bicyclic) bond motifs is 1. The van der Waals surface area contributed by atoms with Gasteiger partial charge >= 0.3 is 0 Å². The van der Waals surface area contributed by atoms with E-state index in [0.29, 0.717) is 46.2 Å². The van der Waals surface area contributed by atoms with Crippen molar-refractivity contribution in [2.75, 3.05) is 39.8 Å². The molecule has 2 aromatic carbocycles. The zero-order valence-corrected chi connectivity index (χ0v) is 21.2. The summed E-state index contributed by atoms with van der Waals surface area (Å²) < 4.78 is 16.0. The molecule has 4 rings (SSSR count). The molecular weight excluding hydrogens is 491 g/mol. The summed E-state index contributed by atoms with van der Waals surface area (Å²) in [5, 5.41) is 4.94. The van der Waals surface area contributed by atoms with Crippen molar-refractivity contribution in [3.63, 3.8) is 0 Å². The van der Waals surface area contributed by atoms with Crippen LogP contribution in [0.5, 0.6) is 11.5 Å². The molecule has 2 heterocycles. The summed E-state index contributed by atoms with van der Waals surface area (Å²) in [6, 6.07) is 7.31. The molecule has 1 aliphatic rings. The van der Waals surface area contributed by atoms with Gasteiger partial charge in [-0.05, 0) is 30.2 Å². The standard InChI is InChI=1S/C25H26Cl2N4O4/c1-5-21(32)31-12-16(9-17(31)13-33-2)29-25-28-11-15-8-14(6-7-18(15)30-25)22-23(26)19(34-3)10-20(35-4)24(22)27/h5-8,10-11,16-17H,1,9,12-13H2,2-4H3,(H,28,29,30)/t16-,17-/m0/s1. The first-order valence-electron chi connectivity index (χ1n) is 11.0. The predicted molar refractivity (Wildman–Crippen MR) is 138 cm³/mol. The van der Waals surface area contributed by atoms with Crippen LogP contribution in [0.1, 0.15) is 6.42 Å². The molecule has 1 aliphatic heterocycles. The second-order valence-electron chi connectivity index (χ2n) is 8.13. The lowest BCUT2D eigenvalue weighted by Crippen LogP contribution is -2.37. The molecule has 0 aliphatic carbocycles. The third-order valence-electron chi connectivity index (χ3n) is 6.01. The van der Waals surface area contributed by atoms with Crippen LogP contribution in [0.25, 0.3) is 22.0 Å². The highest BCUT2D eigenvalue weighted by Gasteiger charge is 2.34. The smallest absolute Gasteiger partial charge is 0.246 e. The maximum Gasteiger partial charge on any atom is 0.246 e. The molecule has 1 amide bonds. The Morgan fingerprint density at radius 1 is 1.20 bits per heavy atom. The molecule has 0 unspecified atom stereocenters. The van der Waals surface area contributed by atoms with E-state index in [4.69, 9.17) is 37.4 Å². The Morgan fingerprint density at radius 3 is 2.54 bits per heavy atom. The third-order valence-corrected chi connectivity index (χ3v) is 6.76. The van der Waals surface area contributed by atoms with Crippen LogP contribution in [0, 0.1) is 0 Å². The van der Waals surface area contributed by atoms with E-state index in [2.05, 4.69) is 21.9 Å². The number of hydrogen-bond donors (Lipinski definition) is 1. The fourth-order valence-corrected chi connectivity index (χ4v) is 5.06. The number of hydrogen-bond acceptors (Lipinski definition) is 7. The molecule has 0 saturated carbocycles. The second kappa shape index (κ2) is 10.7. The largest absolute Gasteiger partial charge is 0.495 e. The molecule has 0 bridgehead atoms. The van der Waals surface area contributed by atoms with Crippen LogP contribution in [0.4, 0.5) is 5.95 Å². The number of carbonyl (C=O) groups excluding carboxylic acids is 1. The van der Waals surface area contributed by atoms with E-state index in [9.17, 15) is 4.79 Å². The van der Waals surface area contributed by atoms with Crippen LogP contribution >= 0.6 is 23.2 Å². The monoisotopic (exact) mass is 516 g/mol. The van der Waals surface area contributed by atoms with Gasteiger partial charge in [0.2, 0.25) is 11.9 Å². The molecular formula is C25H26Cl2N4O4. The van der Waals surface area contributed by atoms with Crippen molar-refractivity contribution >= 4 is 46.0 Å². The molecule has 3 aromatic rings. The summed E-state index contributed by atoms with van der Waals surface area (Å²) in [4.78, 5) is 23.1. The number of ether oxygens (including phenoxy) is 3. The Morgan fingerprint density at radius 2 is 1.91 bits per heavy atom. The summed E-state index contributed by atoms with van der Waals surface area (Å²) in [5.41, 5.74) is 2.14. The first-order valence-corrected chi connectivity index (χ1v) is 11.7. The van der Waals surface area contributed by atoms with Gasteiger partial charge in [-0.25, -0.2) is 9.97 Å². The van der Waals surface area contributed by atoms with Gasteiger partial charge in [-0.15, -0.1) is 0 Å². The number of likely N-dealkylation sites (tertiary alicyclic amines) is 1. The zero-order chi connectivity index (χ0) is 25.1. The summed E-state index contributed by atoms with van der Waals surface area (Å²) in [7, 11) is 4.70. The van der Waals surface area contributed by atoms with Crippen molar-refractivity contribution in [2.24, 2.45) is 0 Å². The average Bonchev–Trinajstić information content (AvgIpc) is 3.26. The van der Waals surface area contributed by atoms with Gasteiger partial charge in [0.15, 0.2) is 0 Å². The summed E-state index contributed by atoms with van der Waals surface area (Å²) in [6.45, 7) is 4.57. The topological polar surface area (TPSA) is 85.8 Å². The van der Waals surface area contributed by atoms with E-state index < -0.39 is 0 Å². The first kappa shape index (κ1) is 25.0. The SMILES string of the molecule is C=CC(=O)N1C[C@@H](Nc2ncc3cc(-c4c(Cl)c(OC)cc(OC)c4Cl)ccc3n2)C[C@H]1COC. The number of amides is 1. The lowest BCUT2D eigenvalue weighted by Gasteiger charge is -2.22. The normalized spacial score (nSPS) is 17.5. The number of benzene rings is 2. The van der Waals surface area contributed by atoms with Gasteiger partial charge in [0, 0.05) is 42.9 Å². The molecule has 8 nitrogen and oxygen atoms in total. The molecule has 0 radical (unpaired) electrons. The second-order valence-corrected chi connectivity index (χ2v) is 8.89. The number of nitrogens with zero attached hydrogens (tertiary/aromatic N) is 3. The summed E-state index contributed by atoms with van der Waals surface area (Å²) in [5.74, 6) is 1.30. The van der Waals surface area contributed by atoms with Gasteiger partial charge in [0.1, 0.15) is 11.5 Å². The Bertz CT molecular complexity index is 1240. The molecule has 0 spiro atoms. The zero-order valence-electron chi connectivity index (χ0n) is 19.7. The van der Waals surface area contributed by atoms with Crippen LogP contribution in [0.3, 0.4) is 0 Å². The number of rotatable bonds is 8. The minimum atomic E-state index is -0.116. The lowest BCUT2D eigenvalue weighted by molar-refractivity contribution is -0.127. The van der Waals surface area contributed by atoms with Crippen LogP contribution in [0.2, 0.25) is 10.0 Å². The molecule has 10 heteroatoms. The summed E-state index contributed by atoms with van der Waals surface area (Å²) in [6.07, 6.45) is 3.79. The molecule has 1 N–H and O–H groups in total. The van der Waals surface area contributed by atoms with E-state index in [0.717, 1.165) is 22.9 Å². The fraction of sp³-hybridized carbons (Fsp3) is 0.320. The van der Waals surface area contributed by atoms with Gasteiger partial charge in [-0.1, -0.05) is 35.8 Å². The fourth-order valence-electron chi connectivity index (χ4n) is 4.34. The molecule has 2 atom stereocenters. The van der Waals surface area contributed by atoms with Crippen molar-refractivity contribution in [2.45, 2.75) is 18.5 Å². The Kier molecular flexibility index (Phi) is 7.64. The van der Waals surface area contributed by atoms with Crippen molar-refractivity contribution in [1.29, 1.82) is 0 Å². The Hall–Kier alpha value is -3.07. The highest BCUT2D eigenvalue weighted by atomic mass is 35.5. The number of halogens is 2. The van der Waals surface area contributed by atoms with Crippen molar-refractivity contribution < 1.29 is 19.0 Å². The number of nitrogens with one attached hydrogen (secondary N) is 1.